The molecule has 0 saturated carbocycles. The molecule has 0 aliphatic rings. The molecule has 6 heteroatoms. The Morgan fingerprint density at radius 3 is 2.21 bits per heavy atom. The van der Waals surface area contributed by atoms with Crippen LogP contribution in [-0.2, 0) is 4.79 Å². The van der Waals surface area contributed by atoms with Gasteiger partial charge in [-0.25, -0.2) is 8.78 Å². The van der Waals surface area contributed by atoms with E-state index in [2.05, 4.69) is 10.6 Å². The van der Waals surface area contributed by atoms with Gasteiger partial charge in [0.1, 0.15) is 6.04 Å². The molecule has 2 aromatic rings. The van der Waals surface area contributed by atoms with Crippen molar-refractivity contribution in [3.8, 4) is 0 Å². The topological polar surface area (TPSA) is 58.2 Å². The molecule has 1 unspecified atom stereocenters. The predicted molar refractivity (Wildman–Crippen MR) is 87.5 cm³/mol. The van der Waals surface area contributed by atoms with Crippen molar-refractivity contribution in [2.45, 2.75) is 19.9 Å². The van der Waals surface area contributed by atoms with Crippen LogP contribution in [0.15, 0.2) is 48.5 Å². The number of hydrogen-bond donors (Lipinski definition) is 2. The van der Waals surface area contributed by atoms with E-state index in [1.807, 2.05) is 0 Å². The van der Waals surface area contributed by atoms with Crippen molar-refractivity contribution < 1.29 is 18.4 Å². The van der Waals surface area contributed by atoms with E-state index in [-0.39, 0.29) is 17.5 Å². The highest BCUT2D eigenvalue weighted by atomic mass is 19.2. The highest BCUT2D eigenvalue weighted by Gasteiger charge is 2.25. The predicted octanol–water partition coefficient (Wildman–Crippen LogP) is 3.36. The van der Waals surface area contributed by atoms with Gasteiger partial charge in [0.25, 0.3) is 5.91 Å². The number of carbonyl (C=O) groups excluding carboxylic acids is 2. The van der Waals surface area contributed by atoms with Gasteiger partial charge in [0.15, 0.2) is 11.6 Å². The second kappa shape index (κ2) is 7.68. The molecule has 2 amide bonds. The van der Waals surface area contributed by atoms with Gasteiger partial charge < -0.3 is 10.6 Å². The Morgan fingerprint density at radius 2 is 1.62 bits per heavy atom. The van der Waals surface area contributed by atoms with Crippen LogP contribution in [0.25, 0.3) is 0 Å². The molecule has 1 atom stereocenters. The third-order valence-corrected chi connectivity index (χ3v) is 3.46. The summed E-state index contributed by atoms with van der Waals surface area (Å²) in [6.07, 6.45) is 0. The lowest BCUT2D eigenvalue weighted by molar-refractivity contribution is -0.118. The van der Waals surface area contributed by atoms with E-state index in [9.17, 15) is 18.4 Å². The number of benzene rings is 2. The molecule has 2 N–H and O–H groups in total. The van der Waals surface area contributed by atoms with Crippen LogP contribution in [0.1, 0.15) is 24.2 Å². The van der Waals surface area contributed by atoms with Gasteiger partial charge in [0.05, 0.1) is 0 Å². The average molecular weight is 332 g/mol. The van der Waals surface area contributed by atoms with Gasteiger partial charge in [0.2, 0.25) is 5.91 Å². The van der Waals surface area contributed by atoms with Crippen molar-refractivity contribution in [1.29, 1.82) is 0 Å². The summed E-state index contributed by atoms with van der Waals surface area (Å²) in [5.41, 5.74) is 0.558. The maximum atomic E-state index is 13.2. The van der Waals surface area contributed by atoms with Crippen LogP contribution < -0.4 is 10.6 Å². The Balaban J connectivity index is 2.10. The molecule has 0 aromatic heterocycles. The molecule has 4 nitrogen and oxygen atoms in total. The zero-order chi connectivity index (χ0) is 17.7. The molecule has 0 saturated heterocycles. The highest BCUT2D eigenvalue weighted by molar-refractivity contribution is 6.01. The van der Waals surface area contributed by atoms with Crippen LogP contribution in [-0.4, -0.2) is 17.9 Å². The van der Waals surface area contributed by atoms with Crippen LogP contribution >= 0.6 is 0 Å². The van der Waals surface area contributed by atoms with Crippen LogP contribution in [0.4, 0.5) is 14.5 Å². The molecule has 24 heavy (non-hydrogen) atoms. The molecule has 0 aliphatic heterocycles. The standard InChI is InChI=1S/C18H18F2N2O2/c1-11(2)16(22-17(23)12-6-4-3-5-7-12)18(24)21-13-8-9-14(19)15(20)10-13/h3-11,16H,1-2H3,(H,21,24)(H,22,23). The molecule has 0 radical (unpaired) electrons. The molecule has 0 aliphatic carbocycles. The van der Waals surface area contributed by atoms with Crippen molar-refractivity contribution in [3.63, 3.8) is 0 Å². The van der Waals surface area contributed by atoms with E-state index in [4.69, 9.17) is 0 Å². The van der Waals surface area contributed by atoms with Gasteiger partial charge in [-0.15, -0.1) is 0 Å². The normalized spacial score (nSPS) is 11.9. The smallest absolute Gasteiger partial charge is 0.251 e. The van der Waals surface area contributed by atoms with E-state index >= 15 is 0 Å². The third-order valence-electron chi connectivity index (χ3n) is 3.46. The Hall–Kier alpha value is -2.76. The Bertz CT molecular complexity index is 733. The van der Waals surface area contributed by atoms with E-state index in [0.717, 1.165) is 12.1 Å². The maximum Gasteiger partial charge on any atom is 0.251 e. The van der Waals surface area contributed by atoms with Crippen LogP contribution in [0, 0.1) is 17.6 Å². The SMILES string of the molecule is CC(C)C(NC(=O)c1ccccc1)C(=O)Nc1ccc(F)c(F)c1. The molecule has 126 valence electrons. The summed E-state index contributed by atoms with van der Waals surface area (Å²) < 4.78 is 26.2. The number of nitrogens with one attached hydrogen (secondary N) is 2. The fourth-order valence-corrected chi connectivity index (χ4v) is 2.14. The number of rotatable bonds is 5. The summed E-state index contributed by atoms with van der Waals surface area (Å²) in [5.74, 6) is -3.12. The lowest BCUT2D eigenvalue weighted by Gasteiger charge is -2.21. The lowest BCUT2D eigenvalue weighted by Crippen LogP contribution is -2.47. The van der Waals surface area contributed by atoms with Crippen LogP contribution in [0.2, 0.25) is 0 Å². The first-order valence-electron chi connectivity index (χ1n) is 7.50. The van der Waals surface area contributed by atoms with Crippen LogP contribution in [0.3, 0.4) is 0 Å². The lowest BCUT2D eigenvalue weighted by atomic mass is 10.0. The first kappa shape index (κ1) is 17.6. The van der Waals surface area contributed by atoms with Gasteiger partial charge in [-0.05, 0) is 30.2 Å². The number of hydrogen-bond acceptors (Lipinski definition) is 2. The molecular formula is C18H18F2N2O2. The summed E-state index contributed by atoms with van der Waals surface area (Å²) in [4.78, 5) is 24.6. The molecule has 0 fully saturated rings. The van der Waals surface area contributed by atoms with E-state index in [0.29, 0.717) is 5.56 Å². The summed E-state index contributed by atoms with van der Waals surface area (Å²) >= 11 is 0. The largest absolute Gasteiger partial charge is 0.340 e. The molecule has 0 spiro atoms. The monoisotopic (exact) mass is 332 g/mol. The number of halogens is 2. The minimum atomic E-state index is -1.05. The fraction of sp³-hybridized carbons (Fsp3) is 0.222. The minimum absolute atomic E-state index is 0.124. The molecule has 2 aromatic carbocycles. The third kappa shape index (κ3) is 4.38. The first-order valence-corrected chi connectivity index (χ1v) is 7.50. The van der Waals surface area contributed by atoms with E-state index < -0.39 is 23.6 Å². The molecular weight excluding hydrogens is 314 g/mol. The second-order valence-electron chi connectivity index (χ2n) is 5.68. The Kier molecular flexibility index (Phi) is 5.63. The quantitative estimate of drug-likeness (QED) is 0.882. The molecule has 0 heterocycles. The van der Waals surface area contributed by atoms with Crippen molar-refractivity contribution in [2.24, 2.45) is 5.92 Å². The zero-order valence-electron chi connectivity index (χ0n) is 13.3. The average Bonchev–Trinajstić information content (AvgIpc) is 2.56. The Labute approximate surface area is 138 Å². The Morgan fingerprint density at radius 1 is 0.958 bits per heavy atom. The van der Waals surface area contributed by atoms with Gasteiger partial charge in [-0.1, -0.05) is 32.0 Å². The maximum absolute atomic E-state index is 13.2. The van der Waals surface area contributed by atoms with Crippen molar-refractivity contribution >= 4 is 17.5 Å². The van der Waals surface area contributed by atoms with E-state index in [1.54, 1.807) is 44.2 Å². The number of carbonyl (C=O) groups is 2. The first-order chi connectivity index (χ1) is 11.4. The second-order valence-corrected chi connectivity index (χ2v) is 5.68. The minimum Gasteiger partial charge on any atom is -0.340 e. The van der Waals surface area contributed by atoms with Crippen molar-refractivity contribution in [1.82, 2.24) is 5.32 Å². The summed E-state index contributed by atoms with van der Waals surface area (Å²) in [5, 5.41) is 5.15. The van der Waals surface area contributed by atoms with Crippen LogP contribution in [0.5, 0.6) is 0 Å². The molecule has 0 bridgehead atoms. The summed E-state index contributed by atoms with van der Waals surface area (Å²) in [6.45, 7) is 3.56. The molecule has 2 rings (SSSR count). The van der Waals surface area contributed by atoms with Crippen molar-refractivity contribution in [2.75, 3.05) is 5.32 Å². The zero-order valence-corrected chi connectivity index (χ0v) is 13.3. The number of anilines is 1. The summed E-state index contributed by atoms with van der Waals surface area (Å²) in [7, 11) is 0. The van der Waals surface area contributed by atoms with Gasteiger partial charge in [-0.2, -0.15) is 0 Å². The van der Waals surface area contributed by atoms with Gasteiger partial charge in [0, 0.05) is 17.3 Å². The van der Waals surface area contributed by atoms with Crippen molar-refractivity contribution in [3.05, 3.63) is 65.7 Å². The van der Waals surface area contributed by atoms with E-state index in [1.165, 1.54) is 6.07 Å². The number of amides is 2. The fourth-order valence-electron chi connectivity index (χ4n) is 2.14. The van der Waals surface area contributed by atoms with Gasteiger partial charge >= 0.3 is 0 Å². The summed E-state index contributed by atoms with van der Waals surface area (Å²) in [6, 6.07) is 10.8. The highest BCUT2D eigenvalue weighted by Crippen LogP contribution is 2.15. The van der Waals surface area contributed by atoms with Gasteiger partial charge in [-0.3, -0.25) is 9.59 Å².